The molecule has 0 bridgehead atoms. The lowest BCUT2D eigenvalue weighted by Crippen LogP contribution is -2.67. The van der Waals surface area contributed by atoms with Crippen molar-refractivity contribution in [2.75, 3.05) is 6.61 Å². The molecule has 40 heavy (non-hydrogen) atoms. The molecule has 1 saturated heterocycles. The summed E-state index contributed by atoms with van der Waals surface area (Å²) >= 11 is 1.43. The van der Waals surface area contributed by atoms with Gasteiger partial charge in [-0.25, -0.2) is 9.78 Å². The zero-order valence-corrected chi connectivity index (χ0v) is 25.2. The molecule has 1 aliphatic heterocycles. The Balaban J connectivity index is 1.52. The average molecular weight is 578 g/mol. The normalized spacial score (nSPS) is 19.6. The van der Waals surface area contributed by atoms with Gasteiger partial charge in [0.25, 0.3) is 19.1 Å². The van der Waals surface area contributed by atoms with Crippen molar-refractivity contribution in [2.24, 2.45) is 0 Å². The lowest BCUT2D eigenvalue weighted by atomic mass is 10.2. The number of thiazole rings is 1. The van der Waals surface area contributed by atoms with Crippen LogP contribution in [0, 0.1) is 13.8 Å². The van der Waals surface area contributed by atoms with Gasteiger partial charge < -0.3 is 13.9 Å². The topological polar surface area (TPSA) is 95.4 Å². The van der Waals surface area contributed by atoms with Gasteiger partial charge in [-0.15, -0.1) is 0 Å². The molecular formula is C30H35N3O5SSi. The molecule has 1 N–H and O–H groups in total. The van der Waals surface area contributed by atoms with Crippen molar-refractivity contribution >= 4 is 30.0 Å². The SMILES string of the molecule is Cc1csc(O[C@H]2C[C@H](n3cc(C)c(=O)[nH]c3=O)O[C@@H]2CO[Si](c2ccccc2)(c2ccccc2)C(C)(C)C)n1. The number of ether oxygens (including phenoxy) is 2. The quantitative estimate of drug-likeness (QED) is 0.319. The number of hydrogen-bond acceptors (Lipinski definition) is 7. The Bertz CT molecular complexity index is 1520. The van der Waals surface area contributed by atoms with E-state index in [4.69, 9.17) is 13.9 Å². The fourth-order valence-electron chi connectivity index (χ4n) is 5.43. The summed E-state index contributed by atoms with van der Waals surface area (Å²) in [6.07, 6.45) is 0.436. The first-order chi connectivity index (χ1) is 19.1. The summed E-state index contributed by atoms with van der Waals surface area (Å²) in [5.74, 6) is 0. The molecule has 2 aromatic carbocycles. The minimum Gasteiger partial charge on any atom is -0.464 e. The van der Waals surface area contributed by atoms with Crippen molar-refractivity contribution in [3.05, 3.63) is 104 Å². The third kappa shape index (κ3) is 5.49. The zero-order chi connectivity index (χ0) is 28.5. The molecule has 0 spiro atoms. The Morgan fingerprint density at radius 2 is 1.68 bits per heavy atom. The molecule has 5 rings (SSSR count). The number of hydrogen-bond donors (Lipinski definition) is 1. The lowest BCUT2D eigenvalue weighted by molar-refractivity contribution is -0.0389. The molecule has 0 amide bonds. The van der Waals surface area contributed by atoms with Gasteiger partial charge in [0.05, 0.1) is 12.3 Å². The van der Waals surface area contributed by atoms with Crippen molar-refractivity contribution < 1.29 is 13.9 Å². The summed E-state index contributed by atoms with van der Waals surface area (Å²) in [5, 5.41) is 4.62. The first kappa shape index (κ1) is 28.2. The van der Waals surface area contributed by atoms with Crippen LogP contribution in [0.3, 0.4) is 0 Å². The van der Waals surface area contributed by atoms with E-state index in [0.717, 1.165) is 5.69 Å². The molecule has 0 unspecified atom stereocenters. The summed E-state index contributed by atoms with van der Waals surface area (Å²) in [7, 11) is -2.83. The number of nitrogens with zero attached hydrogens (tertiary/aromatic N) is 2. The third-order valence-corrected chi connectivity index (χ3v) is 13.2. The Morgan fingerprint density at radius 3 is 2.23 bits per heavy atom. The van der Waals surface area contributed by atoms with Gasteiger partial charge in [0.1, 0.15) is 18.4 Å². The second-order valence-electron chi connectivity index (χ2n) is 11.2. The molecule has 10 heteroatoms. The minimum absolute atomic E-state index is 0.205. The van der Waals surface area contributed by atoms with Gasteiger partial charge in [-0.1, -0.05) is 92.8 Å². The van der Waals surface area contributed by atoms with E-state index in [0.29, 0.717) is 17.2 Å². The summed E-state index contributed by atoms with van der Waals surface area (Å²) in [5.41, 5.74) is 0.390. The number of benzene rings is 2. The lowest BCUT2D eigenvalue weighted by Gasteiger charge is -2.43. The van der Waals surface area contributed by atoms with Crippen LogP contribution in [0.15, 0.2) is 81.8 Å². The van der Waals surface area contributed by atoms with E-state index in [9.17, 15) is 9.59 Å². The Labute approximate surface area is 238 Å². The van der Waals surface area contributed by atoms with E-state index < -0.39 is 38.0 Å². The molecule has 3 heterocycles. The molecule has 0 radical (unpaired) electrons. The molecular weight excluding hydrogens is 542 g/mol. The summed E-state index contributed by atoms with van der Waals surface area (Å²) in [6.45, 7) is 10.5. The Kier molecular flexibility index (Phi) is 7.96. The van der Waals surface area contributed by atoms with Gasteiger partial charge in [-0.2, -0.15) is 0 Å². The maximum atomic E-state index is 12.7. The van der Waals surface area contributed by atoms with E-state index in [-0.39, 0.29) is 11.6 Å². The summed E-state index contributed by atoms with van der Waals surface area (Å²) in [6, 6.07) is 20.9. The van der Waals surface area contributed by atoms with Gasteiger partial charge in [0.2, 0.25) is 0 Å². The molecule has 3 atom stereocenters. The van der Waals surface area contributed by atoms with Gasteiger partial charge in [-0.05, 0) is 29.3 Å². The van der Waals surface area contributed by atoms with Crippen molar-refractivity contribution in [3.8, 4) is 5.19 Å². The summed E-state index contributed by atoms with van der Waals surface area (Å²) in [4.78, 5) is 31.6. The minimum atomic E-state index is -2.83. The first-order valence-electron chi connectivity index (χ1n) is 13.4. The summed E-state index contributed by atoms with van der Waals surface area (Å²) < 4.78 is 21.4. The van der Waals surface area contributed by atoms with Crippen LogP contribution in [0.5, 0.6) is 5.19 Å². The van der Waals surface area contributed by atoms with Crippen molar-refractivity contribution in [1.29, 1.82) is 0 Å². The number of H-pyrrole nitrogens is 1. The molecule has 210 valence electrons. The number of aromatic nitrogens is 3. The maximum Gasteiger partial charge on any atom is 0.330 e. The number of aromatic amines is 1. The van der Waals surface area contributed by atoms with Crippen molar-refractivity contribution in [2.45, 2.75) is 64.5 Å². The number of rotatable bonds is 8. The highest BCUT2D eigenvalue weighted by Gasteiger charge is 2.51. The van der Waals surface area contributed by atoms with Crippen molar-refractivity contribution in [1.82, 2.24) is 14.5 Å². The molecule has 1 fully saturated rings. The van der Waals surface area contributed by atoms with Gasteiger partial charge >= 0.3 is 5.69 Å². The van der Waals surface area contributed by atoms with Crippen LogP contribution in [-0.4, -0.2) is 41.7 Å². The molecule has 0 aliphatic carbocycles. The van der Waals surface area contributed by atoms with Crippen LogP contribution in [0.4, 0.5) is 0 Å². The molecule has 2 aromatic heterocycles. The smallest absolute Gasteiger partial charge is 0.330 e. The third-order valence-electron chi connectivity index (χ3n) is 7.37. The molecule has 1 aliphatic rings. The van der Waals surface area contributed by atoms with Gasteiger partial charge in [-0.3, -0.25) is 14.3 Å². The zero-order valence-electron chi connectivity index (χ0n) is 23.4. The first-order valence-corrected chi connectivity index (χ1v) is 16.2. The van der Waals surface area contributed by atoms with Crippen LogP contribution in [0.2, 0.25) is 5.04 Å². The average Bonchev–Trinajstić information content (AvgIpc) is 3.52. The van der Waals surface area contributed by atoms with E-state index in [1.807, 2.05) is 24.4 Å². The fourth-order valence-corrected chi connectivity index (χ4v) is 10.7. The highest BCUT2D eigenvalue weighted by Crippen LogP contribution is 2.38. The molecule has 0 saturated carbocycles. The predicted molar refractivity (Wildman–Crippen MR) is 159 cm³/mol. The monoisotopic (exact) mass is 577 g/mol. The van der Waals surface area contributed by atoms with E-state index >= 15 is 0 Å². The van der Waals surface area contributed by atoms with Crippen LogP contribution >= 0.6 is 11.3 Å². The second kappa shape index (κ2) is 11.3. The van der Waals surface area contributed by atoms with E-state index in [1.165, 1.54) is 26.3 Å². The second-order valence-corrected chi connectivity index (χ2v) is 16.4. The molecule has 4 aromatic rings. The fraction of sp³-hybridized carbons (Fsp3) is 0.367. The highest BCUT2D eigenvalue weighted by molar-refractivity contribution is 7.11. The number of aryl methyl sites for hydroxylation is 2. The van der Waals surface area contributed by atoms with Crippen LogP contribution in [0.1, 0.15) is 44.7 Å². The van der Waals surface area contributed by atoms with E-state index in [2.05, 4.69) is 79.3 Å². The van der Waals surface area contributed by atoms with Crippen LogP contribution < -0.4 is 26.4 Å². The van der Waals surface area contributed by atoms with Crippen LogP contribution in [0.25, 0.3) is 0 Å². The van der Waals surface area contributed by atoms with Gasteiger partial charge in [0.15, 0.2) is 0 Å². The Morgan fingerprint density at radius 1 is 1.05 bits per heavy atom. The van der Waals surface area contributed by atoms with Crippen LogP contribution in [-0.2, 0) is 9.16 Å². The van der Waals surface area contributed by atoms with E-state index in [1.54, 1.807) is 13.1 Å². The molecule has 8 nitrogen and oxygen atoms in total. The predicted octanol–water partition coefficient (Wildman–Crippen LogP) is 3.92. The maximum absolute atomic E-state index is 12.7. The standard InChI is InChI=1S/C30H35N3O5SSi/c1-20-17-33(28(35)32-27(20)34)26-16-24(38-29-31-21(2)19-39-29)25(37-26)18-36-40(30(3,4)5,22-12-8-6-9-13-22)23-14-10-7-11-15-23/h6-15,17,19,24-26H,16,18H2,1-5H3,(H,32,34,35)/t24-,25+,26+/m0/s1. The largest absolute Gasteiger partial charge is 0.464 e. The number of nitrogens with one attached hydrogen (secondary N) is 1. The van der Waals surface area contributed by atoms with Gasteiger partial charge in [0, 0.05) is 23.6 Å². The highest BCUT2D eigenvalue weighted by atomic mass is 32.1. The van der Waals surface area contributed by atoms with Crippen molar-refractivity contribution in [3.63, 3.8) is 0 Å². The Hall–Kier alpha value is -3.31.